The van der Waals surface area contributed by atoms with Crippen LogP contribution < -0.4 is 0 Å². The van der Waals surface area contributed by atoms with Gasteiger partial charge in [-0.25, -0.2) is 0 Å². The molecule has 0 fully saturated rings. The van der Waals surface area contributed by atoms with E-state index in [2.05, 4.69) is 52.6 Å². The summed E-state index contributed by atoms with van der Waals surface area (Å²) in [5, 5.41) is 10.2. The van der Waals surface area contributed by atoms with E-state index in [9.17, 15) is 9.90 Å². The summed E-state index contributed by atoms with van der Waals surface area (Å²) in [6, 6.07) is 0. The molecule has 1 atom stereocenters. The summed E-state index contributed by atoms with van der Waals surface area (Å²) >= 11 is 0. The van der Waals surface area contributed by atoms with Gasteiger partial charge in [0.25, 0.3) is 0 Å². The summed E-state index contributed by atoms with van der Waals surface area (Å²) in [4.78, 5) is 12.0. The van der Waals surface area contributed by atoms with Gasteiger partial charge in [-0.2, -0.15) is 0 Å². The summed E-state index contributed by atoms with van der Waals surface area (Å²) in [5.74, 6) is 0.318. The zero-order valence-corrected chi connectivity index (χ0v) is 19.6. The van der Waals surface area contributed by atoms with Crippen LogP contribution in [0.25, 0.3) is 0 Å². The number of rotatable bonds is 16. The Bertz CT molecular complexity index is 435. The van der Waals surface area contributed by atoms with Crippen molar-refractivity contribution in [3.8, 4) is 0 Å². The highest BCUT2D eigenvalue weighted by molar-refractivity contribution is 6.74. The van der Waals surface area contributed by atoms with E-state index in [1.807, 2.05) is 6.08 Å². The first-order valence-electron chi connectivity index (χ1n) is 10.7. The maximum Gasteiger partial charge on any atom is 0.195 e. The van der Waals surface area contributed by atoms with Gasteiger partial charge in [0.1, 0.15) is 12.1 Å². The number of carbonyl (C=O) groups excluding carboxylic acids is 1. The number of hydrogen-bond acceptors (Lipinski definition) is 3. The summed E-state index contributed by atoms with van der Waals surface area (Å²) < 4.78 is 5.92. The number of Topliss-reactive ketones (excluding diaryl/α,β-unsaturated/α-hetero) is 1. The smallest absolute Gasteiger partial charge is 0.195 e. The average molecular weight is 397 g/mol. The number of ketones is 1. The summed E-state index contributed by atoms with van der Waals surface area (Å²) in [6.45, 7) is 14.5. The molecule has 0 saturated carbocycles. The first-order valence-corrected chi connectivity index (χ1v) is 13.6. The minimum absolute atomic E-state index is 0.0885. The average Bonchev–Trinajstić information content (AvgIpc) is 2.55. The van der Waals surface area contributed by atoms with Gasteiger partial charge in [0.15, 0.2) is 8.32 Å². The predicted molar refractivity (Wildman–Crippen MR) is 119 cm³/mol. The number of aliphatic hydroxyl groups excluding tert-OH is 1. The zero-order valence-electron chi connectivity index (χ0n) is 18.6. The minimum Gasteiger partial charge on any atom is -0.392 e. The lowest BCUT2D eigenvalue weighted by Gasteiger charge is -2.37. The Morgan fingerprint density at radius 1 is 1.00 bits per heavy atom. The van der Waals surface area contributed by atoms with E-state index in [1.165, 1.54) is 12.8 Å². The molecule has 0 aromatic rings. The van der Waals surface area contributed by atoms with Crippen molar-refractivity contribution in [2.45, 2.75) is 116 Å². The first kappa shape index (κ1) is 26.3. The lowest BCUT2D eigenvalue weighted by Crippen LogP contribution is -2.43. The molecule has 1 unspecified atom stereocenters. The van der Waals surface area contributed by atoms with E-state index in [1.54, 1.807) is 0 Å². The van der Waals surface area contributed by atoms with Crippen molar-refractivity contribution in [1.82, 2.24) is 0 Å². The van der Waals surface area contributed by atoms with Gasteiger partial charge in [0, 0.05) is 12.8 Å². The second kappa shape index (κ2) is 14.3. The fourth-order valence-electron chi connectivity index (χ4n) is 2.56. The van der Waals surface area contributed by atoms with Gasteiger partial charge in [-0.3, -0.25) is 4.79 Å². The van der Waals surface area contributed by atoms with Gasteiger partial charge in [0.2, 0.25) is 0 Å². The van der Waals surface area contributed by atoms with E-state index in [0.717, 1.165) is 32.1 Å². The monoisotopic (exact) mass is 396 g/mol. The topological polar surface area (TPSA) is 46.5 Å². The molecular weight excluding hydrogens is 352 g/mol. The quantitative estimate of drug-likeness (QED) is 0.133. The van der Waals surface area contributed by atoms with Crippen molar-refractivity contribution in [1.29, 1.82) is 0 Å². The molecule has 0 heterocycles. The van der Waals surface area contributed by atoms with Crippen LogP contribution in [0.1, 0.15) is 91.4 Å². The van der Waals surface area contributed by atoms with Crippen molar-refractivity contribution < 1.29 is 14.3 Å². The van der Waals surface area contributed by atoms with Crippen LogP contribution in [0.15, 0.2) is 24.8 Å². The van der Waals surface area contributed by atoms with E-state index >= 15 is 0 Å². The highest BCUT2D eigenvalue weighted by Crippen LogP contribution is 2.37. The van der Waals surface area contributed by atoms with Crippen LogP contribution in [-0.4, -0.2) is 25.5 Å². The standard InChI is InChI=1S/C23H44O3Si/c1-7-8-9-10-11-12-13-14-15-16-18-21(24)19-17-20-22(25)26-27(5,6)23(2,3)4/h7,10-11,22,25H,1,8-9,12-20H2,2-6H3. The Hall–Kier alpha value is -0.713. The van der Waals surface area contributed by atoms with Crippen LogP contribution in [0, 0.1) is 0 Å². The van der Waals surface area contributed by atoms with Crippen molar-refractivity contribution in [2.75, 3.05) is 0 Å². The molecule has 0 aromatic carbocycles. The normalized spacial score (nSPS) is 13.9. The highest BCUT2D eigenvalue weighted by Gasteiger charge is 2.38. The second-order valence-corrected chi connectivity index (χ2v) is 13.8. The molecular formula is C23H44O3Si. The van der Waals surface area contributed by atoms with Gasteiger partial charge in [-0.15, -0.1) is 6.58 Å². The molecule has 158 valence electrons. The summed E-state index contributed by atoms with van der Waals surface area (Å²) in [6.07, 6.45) is 16.0. The molecule has 0 spiro atoms. The van der Waals surface area contributed by atoms with Crippen LogP contribution in [0.2, 0.25) is 18.1 Å². The van der Waals surface area contributed by atoms with Crippen molar-refractivity contribution in [3.05, 3.63) is 24.8 Å². The number of aliphatic hydroxyl groups is 1. The number of carbonyl (C=O) groups is 1. The molecule has 27 heavy (non-hydrogen) atoms. The maximum absolute atomic E-state index is 12.0. The molecule has 0 aliphatic rings. The van der Waals surface area contributed by atoms with Crippen molar-refractivity contribution in [2.24, 2.45) is 0 Å². The maximum atomic E-state index is 12.0. The SMILES string of the molecule is C=CCCC=CCCCCCCC(=O)CCCC(O)O[Si](C)(C)C(C)(C)C. The van der Waals surface area contributed by atoms with Gasteiger partial charge in [-0.05, 0) is 63.1 Å². The van der Waals surface area contributed by atoms with Gasteiger partial charge in [-0.1, -0.05) is 51.8 Å². The van der Waals surface area contributed by atoms with E-state index < -0.39 is 14.6 Å². The van der Waals surface area contributed by atoms with Crippen LogP contribution in [-0.2, 0) is 9.22 Å². The van der Waals surface area contributed by atoms with Gasteiger partial charge >= 0.3 is 0 Å². The lowest BCUT2D eigenvalue weighted by molar-refractivity contribution is -0.119. The predicted octanol–water partition coefficient (Wildman–Crippen LogP) is 6.93. The molecule has 0 rings (SSSR count). The minimum atomic E-state index is -1.94. The van der Waals surface area contributed by atoms with E-state index in [4.69, 9.17) is 4.43 Å². The van der Waals surface area contributed by atoms with Crippen molar-refractivity contribution >= 4 is 14.1 Å². The third-order valence-corrected chi connectivity index (χ3v) is 9.90. The molecule has 0 aliphatic heterocycles. The van der Waals surface area contributed by atoms with Crippen LogP contribution in [0.4, 0.5) is 0 Å². The van der Waals surface area contributed by atoms with Crippen LogP contribution in [0.3, 0.4) is 0 Å². The number of allylic oxidation sites excluding steroid dienone is 3. The Labute approximate surface area is 169 Å². The Morgan fingerprint density at radius 2 is 1.59 bits per heavy atom. The number of unbranched alkanes of at least 4 members (excludes halogenated alkanes) is 5. The Morgan fingerprint density at radius 3 is 2.22 bits per heavy atom. The van der Waals surface area contributed by atoms with Gasteiger partial charge < -0.3 is 9.53 Å². The third kappa shape index (κ3) is 14.0. The van der Waals surface area contributed by atoms with Crippen LogP contribution >= 0.6 is 0 Å². The van der Waals surface area contributed by atoms with Gasteiger partial charge in [0.05, 0.1) is 0 Å². The molecule has 0 radical (unpaired) electrons. The molecule has 1 N–H and O–H groups in total. The largest absolute Gasteiger partial charge is 0.392 e. The van der Waals surface area contributed by atoms with E-state index in [-0.39, 0.29) is 5.04 Å². The van der Waals surface area contributed by atoms with E-state index in [0.29, 0.717) is 31.5 Å². The first-order chi connectivity index (χ1) is 12.6. The molecule has 0 saturated heterocycles. The van der Waals surface area contributed by atoms with Crippen molar-refractivity contribution in [3.63, 3.8) is 0 Å². The Balaban J connectivity index is 3.67. The molecule has 4 heteroatoms. The fourth-order valence-corrected chi connectivity index (χ4v) is 3.71. The summed E-state index contributed by atoms with van der Waals surface area (Å²) in [5.41, 5.74) is 0. The fraction of sp³-hybridized carbons (Fsp3) is 0.783. The third-order valence-electron chi connectivity index (χ3n) is 5.42. The highest BCUT2D eigenvalue weighted by atomic mass is 28.4. The molecule has 0 aliphatic carbocycles. The summed E-state index contributed by atoms with van der Waals surface area (Å²) in [7, 11) is -1.94. The molecule has 0 amide bonds. The molecule has 3 nitrogen and oxygen atoms in total. The molecule has 0 aromatic heterocycles. The number of hydrogen-bond donors (Lipinski definition) is 1. The molecule has 0 bridgehead atoms. The zero-order chi connectivity index (χ0) is 20.8. The lowest BCUT2D eigenvalue weighted by atomic mass is 10.0. The second-order valence-electron chi connectivity index (χ2n) is 9.05. The van der Waals surface area contributed by atoms with Crippen LogP contribution in [0.5, 0.6) is 0 Å². The Kier molecular flexibility index (Phi) is 13.9.